The van der Waals surface area contributed by atoms with E-state index in [1.54, 1.807) is 7.11 Å². The van der Waals surface area contributed by atoms with Gasteiger partial charge in [0.2, 0.25) is 11.8 Å². The van der Waals surface area contributed by atoms with Crippen molar-refractivity contribution in [2.24, 2.45) is 0 Å². The molecule has 28 heavy (non-hydrogen) atoms. The monoisotopic (exact) mass is 393 g/mol. The topological polar surface area (TPSA) is 90.9 Å². The Kier molecular flexibility index (Phi) is 11.9. The largest absolute Gasteiger partial charge is 0.497 e. The fourth-order valence-electron chi connectivity index (χ4n) is 2.85. The Bertz CT molecular complexity index is 595. The number of aliphatic hydroxyl groups excluding tert-OH is 1. The Hall–Kier alpha value is -2.12. The number of methoxy groups -OCH3 is 1. The molecule has 0 aliphatic rings. The zero-order chi connectivity index (χ0) is 20.8. The number of benzene rings is 1. The number of aliphatic hydroxyl groups is 1. The van der Waals surface area contributed by atoms with Gasteiger partial charge in [0.1, 0.15) is 5.75 Å². The molecule has 2 amide bonds. The summed E-state index contributed by atoms with van der Waals surface area (Å²) in [6.45, 7) is 6.64. The van der Waals surface area contributed by atoms with Crippen LogP contribution in [-0.2, 0) is 16.1 Å². The first-order valence-electron chi connectivity index (χ1n) is 10.1. The lowest BCUT2D eigenvalue weighted by molar-refractivity contribution is -0.131. The van der Waals surface area contributed by atoms with Gasteiger partial charge in [0, 0.05) is 45.6 Å². The van der Waals surface area contributed by atoms with Crippen LogP contribution >= 0.6 is 0 Å². The van der Waals surface area contributed by atoms with Gasteiger partial charge in [-0.3, -0.25) is 9.59 Å². The van der Waals surface area contributed by atoms with Crippen molar-refractivity contribution in [3.8, 4) is 5.75 Å². The van der Waals surface area contributed by atoms with E-state index in [0.717, 1.165) is 24.3 Å². The van der Waals surface area contributed by atoms with Crippen LogP contribution in [0.15, 0.2) is 24.3 Å². The van der Waals surface area contributed by atoms with Gasteiger partial charge in [-0.15, -0.1) is 0 Å². The van der Waals surface area contributed by atoms with Crippen LogP contribution in [0.3, 0.4) is 0 Å². The molecule has 7 nitrogen and oxygen atoms in total. The average molecular weight is 394 g/mol. The maximum atomic E-state index is 12.0. The van der Waals surface area contributed by atoms with Crippen LogP contribution in [0.1, 0.15) is 45.1 Å². The van der Waals surface area contributed by atoms with E-state index in [1.165, 1.54) is 0 Å². The molecule has 0 fully saturated rings. The highest BCUT2D eigenvalue weighted by Gasteiger charge is 2.12. The van der Waals surface area contributed by atoms with Crippen molar-refractivity contribution in [2.75, 3.05) is 33.3 Å². The molecule has 3 N–H and O–H groups in total. The molecule has 1 rings (SSSR count). The van der Waals surface area contributed by atoms with Gasteiger partial charge in [-0.05, 0) is 37.5 Å². The molecule has 0 radical (unpaired) electrons. The summed E-state index contributed by atoms with van der Waals surface area (Å²) >= 11 is 0. The molecule has 0 bridgehead atoms. The predicted molar refractivity (Wildman–Crippen MR) is 110 cm³/mol. The number of nitrogens with one attached hydrogen (secondary N) is 2. The third kappa shape index (κ3) is 9.71. The third-order valence-electron chi connectivity index (χ3n) is 4.40. The quantitative estimate of drug-likeness (QED) is 0.447. The van der Waals surface area contributed by atoms with Gasteiger partial charge in [-0.25, -0.2) is 0 Å². The number of rotatable bonds is 14. The van der Waals surface area contributed by atoms with Gasteiger partial charge in [0.25, 0.3) is 0 Å². The maximum absolute atomic E-state index is 12.0. The van der Waals surface area contributed by atoms with Gasteiger partial charge in [-0.1, -0.05) is 19.1 Å². The molecule has 1 unspecified atom stereocenters. The molecule has 158 valence electrons. The molecule has 1 aromatic rings. The van der Waals surface area contributed by atoms with Crippen LogP contribution in [0.5, 0.6) is 5.75 Å². The van der Waals surface area contributed by atoms with E-state index >= 15 is 0 Å². The Morgan fingerprint density at radius 2 is 2.00 bits per heavy atom. The molecule has 0 saturated carbocycles. The third-order valence-corrected chi connectivity index (χ3v) is 4.40. The summed E-state index contributed by atoms with van der Waals surface area (Å²) in [5.41, 5.74) is 1.06. The van der Waals surface area contributed by atoms with Gasteiger partial charge < -0.3 is 25.4 Å². The highest BCUT2D eigenvalue weighted by Crippen LogP contribution is 2.12. The lowest BCUT2D eigenvalue weighted by Crippen LogP contribution is -2.38. The van der Waals surface area contributed by atoms with Crippen molar-refractivity contribution in [1.82, 2.24) is 15.5 Å². The summed E-state index contributed by atoms with van der Waals surface area (Å²) in [4.78, 5) is 25.7. The van der Waals surface area contributed by atoms with E-state index in [0.29, 0.717) is 38.9 Å². The first kappa shape index (κ1) is 23.9. The highest BCUT2D eigenvalue weighted by atomic mass is 16.5. The minimum atomic E-state index is -0.670. The van der Waals surface area contributed by atoms with E-state index in [-0.39, 0.29) is 18.4 Å². The number of nitrogens with zero attached hydrogens (tertiary/aromatic N) is 1. The molecule has 0 saturated heterocycles. The Labute approximate surface area is 168 Å². The van der Waals surface area contributed by atoms with Crippen LogP contribution in [-0.4, -0.2) is 61.2 Å². The molecule has 0 heterocycles. The second-order valence-corrected chi connectivity index (χ2v) is 6.77. The van der Waals surface area contributed by atoms with Crippen LogP contribution in [0.4, 0.5) is 0 Å². The molecule has 1 atom stereocenters. The average Bonchev–Trinajstić information content (AvgIpc) is 2.70. The zero-order valence-electron chi connectivity index (χ0n) is 17.4. The zero-order valence-corrected chi connectivity index (χ0v) is 17.4. The Balaban J connectivity index is 2.16. The summed E-state index contributed by atoms with van der Waals surface area (Å²) < 4.78 is 5.18. The molecule has 1 aromatic carbocycles. The highest BCUT2D eigenvalue weighted by molar-refractivity contribution is 5.78. The van der Waals surface area contributed by atoms with Gasteiger partial charge >= 0.3 is 0 Å². The minimum absolute atomic E-state index is 0.0962. The first-order valence-corrected chi connectivity index (χ1v) is 10.1. The summed E-state index contributed by atoms with van der Waals surface area (Å²) in [6, 6.07) is 7.71. The van der Waals surface area contributed by atoms with E-state index in [4.69, 9.17) is 4.74 Å². The van der Waals surface area contributed by atoms with E-state index < -0.39 is 6.10 Å². The number of ether oxygens (including phenoxy) is 1. The summed E-state index contributed by atoms with van der Waals surface area (Å²) in [7, 11) is 1.62. The fourth-order valence-corrected chi connectivity index (χ4v) is 2.85. The maximum Gasteiger partial charge on any atom is 0.222 e. The summed E-state index contributed by atoms with van der Waals surface area (Å²) in [5.74, 6) is 0.749. The molecule has 0 aromatic heterocycles. The first-order chi connectivity index (χ1) is 13.5. The molecule has 0 spiro atoms. The van der Waals surface area contributed by atoms with Crippen LogP contribution in [0.2, 0.25) is 0 Å². The van der Waals surface area contributed by atoms with Gasteiger partial charge in [0.15, 0.2) is 0 Å². The van der Waals surface area contributed by atoms with E-state index in [2.05, 4.69) is 10.6 Å². The number of amides is 2. The normalized spacial score (nSPS) is 11.7. The standard InChI is InChI=1S/C21H35N3O4/c1-4-12-24(5-2)21(27)11-7-10-20(26)23-16-18(25)15-22-14-17-8-6-9-19(13-17)28-3/h6,8-9,13,18,22,25H,4-5,7,10-12,14-16H2,1-3H3,(H,23,26). The van der Waals surface area contributed by atoms with Crippen molar-refractivity contribution in [2.45, 2.75) is 52.2 Å². The second kappa shape index (κ2) is 14.0. The smallest absolute Gasteiger partial charge is 0.222 e. The van der Waals surface area contributed by atoms with Crippen LogP contribution in [0, 0.1) is 0 Å². The molecule has 0 aliphatic heterocycles. The summed E-state index contributed by atoms with van der Waals surface area (Å²) in [6.07, 6.45) is 1.46. The van der Waals surface area contributed by atoms with Crippen molar-refractivity contribution in [1.29, 1.82) is 0 Å². The number of carbonyl (C=O) groups excluding carboxylic acids is 2. The molecular weight excluding hydrogens is 358 g/mol. The fraction of sp³-hybridized carbons (Fsp3) is 0.619. The molecule has 0 aliphatic carbocycles. The predicted octanol–water partition coefficient (Wildman–Crippen LogP) is 1.69. The van der Waals surface area contributed by atoms with Crippen molar-refractivity contribution >= 4 is 11.8 Å². The second-order valence-electron chi connectivity index (χ2n) is 6.77. The summed E-state index contributed by atoms with van der Waals surface area (Å²) in [5, 5.41) is 15.9. The van der Waals surface area contributed by atoms with Crippen molar-refractivity contribution in [3.05, 3.63) is 29.8 Å². The Morgan fingerprint density at radius 1 is 1.21 bits per heavy atom. The van der Waals surface area contributed by atoms with Crippen LogP contribution < -0.4 is 15.4 Å². The van der Waals surface area contributed by atoms with E-state index in [1.807, 2.05) is 43.0 Å². The lowest BCUT2D eigenvalue weighted by atomic mass is 10.2. The van der Waals surface area contributed by atoms with Gasteiger partial charge in [-0.2, -0.15) is 0 Å². The van der Waals surface area contributed by atoms with Gasteiger partial charge in [0.05, 0.1) is 13.2 Å². The van der Waals surface area contributed by atoms with E-state index in [9.17, 15) is 14.7 Å². The number of hydrogen-bond acceptors (Lipinski definition) is 5. The number of hydrogen-bond donors (Lipinski definition) is 3. The minimum Gasteiger partial charge on any atom is -0.497 e. The van der Waals surface area contributed by atoms with Crippen molar-refractivity contribution < 1.29 is 19.4 Å². The Morgan fingerprint density at radius 3 is 2.68 bits per heavy atom. The molecule has 7 heteroatoms. The molecular formula is C21H35N3O4. The number of carbonyl (C=O) groups is 2. The van der Waals surface area contributed by atoms with Crippen LogP contribution in [0.25, 0.3) is 0 Å². The lowest BCUT2D eigenvalue weighted by Gasteiger charge is -2.19. The SMILES string of the molecule is CCCN(CC)C(=O)CCCC(=O)NCC(O)CNCc1cccc(OC)c1. The van der Waals surface area contributed by atoms with Crippen molar-refractivity contribution in [3.63, 3.8) is 0 Å².